The Morgan fingerprint density at radius 2 is 2.18 bits per heavy atom. The summed E-state index contributed by atoms with van der Waals surface area (Å²) in [6, 6.07) is 6.92. The second-order valence-corrected chi connectivity index (χ2v) is 5.16. The van der Waals surface area contributed by atoms with Crippen molar-refractivity contribution in [1.29, 1.82) is 0 Å². The molecule has 2 rings (SSSR count). The number of hydrogen-bond donors (Lipinski definition) is 3. The summed E-state index contributed by atoms with van der Waals surface area (Å²) in [4.78, 5) is 10.8. The van der Waals surface area contributed by atoms with Crippen LogP contribution in [0.25, 0.3) is 0 Å². The van der Waals surface area contributed by atoms with Crippen molar-refractivity contribution >= 4 is 11.7 Å². The minimum atomic E-state index is -0.929. The third kappa shape index (κ3) is 2.13. The van der Waals surface area contributed by atoms with Crippen LogP contribution in [0.2, 0.25) is 0 Å². The van der Waals surface area contributed by atoms with Crippen molar-refractivity contribution < 1.29 is 15.0 Å². The number of carbonyl (C=O) groups is 1. The molecule has 1 fully saturated rings. The zero-order valence-electron chi connectivity index (χ0n) is 9.97. The normalized spacial score (nSPS) is 26.1. The molecule has 2 atom stereocenters. The van der Waals surface area contributed by atoms with Crippen LogP contribution >= 0.6 is 0 Å². The van der Waals surface area contributed by atoms with Crippen LogP contribution in [0.5, 0.6) is 0 Å². The van der Waals surface area contributed by atoms with Gasteiger partial charge >= 0.3 is 5.97 Å². The summed E-state index contributed by atoms with van der Waals surface area (Å²) in [7, 11) is 0. The second kappa shape index (κ2) is 4.04. The first-order valence-electron chi connectivity index (χ1n) is 5.69. The van der Waals surface area contributed by atoms with Gasteiger partial charge in [-0.1, -0.05) is 19.9 Å². The van der Waals surface area contributed by atoms with Crippen LogP contribution in [0.3, 0.4) is 0 Å². The molecule has 1 aromatic rings. The molecule has 0 saturated heterocycles. The van der Waals surface area contributed by atoms with E-state index >= 15 is 0 Å². The van der Waals surface area contributed by atoms with Gasteiger partial charge in [0, 0.05) is 17.1 Å². The van der Waals surface area contributed by atoms with Crippen LogP contribution in [-0.4, -0.2) is 28.3 Å². The number of benzene rings is 1. The highest BCUT2D eigenvalue weighted by molar-refractivity contribution is 5.88. The first-order valence-corrected chi connectivity index (χ1v) is 5.69. The van der Waals surface area contributed by atoms with Gasteiger partial charge in [0.1, 0.15) is 0 Å². The van der Waals surface area contributed by atoms with Gasteiger partial charge in [-0.2, -0.15) is 0 Å². The van der Waals surface area contributed by atoms with Gasteiger partial charge < -0.3 is 15.5 Å². The summed E-state index contributed by atoms with van der Waals surface area (Å²) in [5.41, 5.74) is 0.890. The maximum Gasteiger partial charge on any atom is 0.335 e. The standard InChI is InChI=1S/C13H17NO3/c1-13(2)10(7-11(13)15)14-9-5-3-4-8(6-9)12(16)17/h3-6,10-11,14-15H,7H2,1-2H3,(H,16,17). The molecule has 0 heterocycles. The number of carboxylic acid groups (broad SMARTS) is 1. The van der Waals surface area contributed by atoms with Crippen LogP contribution in [0.15, 0.2) is 24.3 Å². The van der Waals surface area contributed by atoms with Crippen molar-refractivity contribution in [2.45, 2.75) is 32.4 Å². The van der Waals surface area contributed by atoms with E-state index in [9.17, 15) is 9.90 Å². The van der Waals surface area contributed by atoms with Gasteiger partial charge in [0.15, 0.2) is 0 Å². The molecule has 1 aromatic carbocycles. The topological polar surface area (TPSA) is 69.6 Å². The fraction of sp³-hybridized carbons (Fsp3) is 0.462. The maximum absolute atomic E-state index is 10.8. The van der Waals surface area contributed by atoms with Crippen LogP contribution in [0.1, 0.15) is 30.6 Å². The fourth-order valence-electron chi connectivity index (χ4n) is 2.09. The van der Waals surface area contributed by atoms with Crippen molar-refractivity contribution in [3.8, 4) is 0 Å². The summed E-state index contributed by atoms with van der Waals surface area (Å²) in [5, 5.41) is 21.8. The highest BCUT2D eigenvalue weighted by atomic mass is 16.4. The Hall–Kier alpha value is -1.55. The monoisotopic (exact) mass is 235 g/mol. The van der Waals surface area contributed by atoms with E-state index in [4.69, 9.17) is 5.11 Å². The number of nitrogens with one attached hydrogen (secondary N) is 1. The first kappa shape index (κ1) is 11.9. The minimum absolute atomic E-state index is 0.167. The molecule has 0 amide bonds. The van der Waals surface area contributed by atoms with Crippen molar-refractivity contribution in [2.75, 3.05) is 5.32 Å². The number of rotatable bonds is 3. The van der Waals surface area contributed by atoms with Crippen LogP contribution in [0.4, 0.5) is 5.69 Å². The largest absolute Gasteiger partial charge is 0.478 e. The van der Waals surface area contributed by atoms with Gasteiger partial charge in [-0.15, -0.1) is 0 Å². The predicted molar refractivity (Wildman–Crippen MR) is 65.2 cm³/mol. The lowest BCUT2D eigenvalue weighted by atomic mass is 9.64. The molecular formula is C13H17NO3. The maximum atomic E-state index is 10.8. The molecule has 17 heavy (non-hydrogen) atoms. The van der Waals surface area contributed by atoms with E-state index in [0.29, 0.717) is 6.42 Å². The molecule has 0 aliphatic heterocycles. The lowest BCUT2D eigenvalue weighted by Crippen LogP contribution is -2.56. The number of anilines is 1. The summed E-state index contributed by atoms with van der Waals surface area (Å²) < 4.78 is 0. The second-order valence-electron chi connectivity index (χ2n) is 5.16. The molecule has 3 N–H and O–H groups in total. The van der Waals surface area contributed by atoms with Crippen molar-refractivity contribution in [2.24, 2.45) is 5.41 Å². The molecule has 1 aliphatic carbocycles. The van der Waals surface area contributed by atoms with E-state index in [0.717, 1.165) is 5.69 Å². The number of aliphatic hydroxyl groups is 1. The van der Waals surface area contributed by atoms with Crippen molar-refractivity contribution in [3.63, 3.8) is 0 Å². The molecule has 1 saturated carbocycles. The van der Waals surface area contributed by atoms with Gasteiger partial charge in [-0.25, -0.2) is 4.79 Å². The zero-order valence-corrected chi connectivity index (χ0v) is 9.97. The summed E-state index contributed by atoms with van der Waals surface area (Å²) >= 11 is 0. The summed E-state index contributed by atoms with van der Waals surface area (Å²) in [6.45, 7) is 4.00. The smallest absolute Gasteiger partial charge is 0.335 e. The van der Waals surface area contributed by atoms with Gasteiger partial charge in [0.05, 0.1) is 11.7 Å². The van der Waals surface area contributed by atoms with E-state index in [1.165, 1.54) is 0 Å². The highest BCUT2D eigenvalue weighted by Gasteiger charge is 2.47. The Balaban J connectivity index is 2.10. The fourth-order valence-corrected chi connectivity index (χ4v) is 2.09. The molecule has 4 nitrogen and oxygen atoms in total. The van der Waals surface area contributed by atoms with Crippen molar-refractivity contribution in [1.82, 2.24) is 0 Å². The summed E-state index contributed by atoms with van der Waals surface area (Å²) in [6.07, 6.45) is 0.410. The number of aromatic carboxylic acids is 1. The Labute approximate surface area is 100 Å². The quantitative estimate of drug-likeness (QED) is 0.749. The average Bonchev–Trinajstić information content (AvgIpc) is 2.29. The molecule has 1 aliphatic rings. The third-order valence-electron chi connectivity index (χ3n) is 3.67. The molecular weight excluding hydrogens is 218 g/mol. The van der Waals surface area contributed by atoms with E-state index in [1.807, 2.05) is 19.9 Å². The van der Waals surface area contributed by atoms with E-state index in [-0.39, 0.29) is 23.1 Å². The SMILES string of the molecule is CC1(C)C(O)CC1Nc1cccc(C(=O)O)c1. The third-order valence-corrected chi connectivity index (χ3v) is 3.67. The van der Waals surface area contributed by atoms with E-state index in [1.54, 1.807) is 18.2 Å². The van der Waals surface area contributed by atoms with Crippen LogP contribution < -0.4 is 5.32 Å². The Morgan fingerprint density at radius 1 is 1.47 bits per heavy atom. The van der Waals surface area contributed by atoms with Crippen LogP contribution in [0, 0.1) is 5.41 Å². The molecule has 92 valence electrons. The van der Waals surface area contributed by atoms with Gasteiger partial charge in [-0.05, 0) is 24.6 Å². The number of hydrogen-bond acceptors (Lipinski definition) is 3. The van der Waals surface area contributed by atoms with E-state index < -0.39 is 5.97 Å². The first-order chi connectivity index (χ1) is 7.91. The van der Waals surface area contributed by atoms with E-state index in [2.05, 4.69) is 5.32 Å². The minimum Gasteiger partial charge on any atom is -0.478 e. The Morgan fingerprint density at radius 3 is 2.71 bits per heavy atom. The van der Waals surface area contributed by atoms with Gasteiger partial charge in [0.25, 0.3) is 0 Å². The average molecular weight is 235 g/mol. The zero-order chi connectivity index (χ0) is 12.6. The Kier molecular flexibility index (Phi) is 2.83. The lowest BCUT2D eigenvalue weighted by Gasteiger charge is -2.49. The van der Waals surface area contributed by atoms with Gasteiger partial charge in [0.2, 0.25) is 0 Å². The molecule has 0 bridgehead atoms. The van der Waals surface area contributed by atoms with Gasteiger partial charge in [-0.3, -0.25) is 0 Å². The molecule has 0 aromatic heterocycles. The molecule has 4 heteroatoms. The van der Waals surface area contributed by atoms with Crippen LogP contribution in [-0.2, 0) is 0 Å². The molecule has 0 spiro atoms. The molecule has 2 unspecified atom stereocenters. The predicted octanol–water partition coefficient (Wildman–Crippen LogP) is 1.96. The highest BCUT2D eigenvalue weighted by Crippen LogP contribution is 2.42. The number of aliphatic hydroxyl groups excluding tert-OH is 1. The van der Waals surface area contributed by atoms with Crippen molar-refractivity contribution in [3.05, 3.63) is 29.8 Å². The number of carboxylic acids is 1. The molecule has 0 radical (unpaired) electrons. The lowest BCUT2D eigenvalue weighted by molar-refractivity contribution is -0.0510. The summed E-state index contributed by atoms with van der Waals surface area (Å²) in [5.74, 6) is -0.929. The Bertz CT molecular complexity index is 442.